The van der Waals surface area contributed by atoms with Crippen molar-refractivity contribution < 1.29 is 33.0 Å². The van der Waals surface area contributed by atoms with E-state index in [1.807, 2.05) is 0 Å². The molecule has 1 spiro atoms. The number of carbonyl (C=O) groups is 3. The number of amides is 3. The normalized spacial score (nSPS) is 26.4. The molecule has 4 fully saturated rings. The number of fused-ring (bicyclic) bond motifs is 1. The van der Waals surface area contributed by atoms with Crippen LogP contribution in [0.3, 0.4) is 0 Å². The Labute approximate surface area is 261 Å². The van der Waals surface area contributed by atoms with Crippen LogP contribution in [0, 0.1) is 5.82 Å². The molecule has 2 aromatic rings. The van der Waals surface area contributed by atoms with Gasteiger partial charge in [-0.25, -0.2) is 9.07 Å². The number of piperidine rings is 1. The molecule has 0 aliphatic carbocycles. The minimum absolute atomic E-state index is 0.0815. The fourth-order valence-corrected chi connectivity index (χ4v) is 7.01. The second kappa shape index (κ2) is 14.3. The van der Waals surface area contributed by atoms with E-state index in [2.05, 4.69) is 25.8 Å². The van der Waals surface area contributed by atoms with E-state index in [4.69, 9.17) is 14.2 Å². The number of halogens is 1. The van der Waals surface area contributed by atoms with Gasteiger partial charge in [-0.05, 0) is 56.4 Å². The van der Waals surface area contributed by atoms with Gasteiger partial charge in [-0.3, -0.25) is 14.4 Å². The van der Waals surface area contributed by atoms with Crippen LogP contribution in [-0.2, 0) is 28.6 Å². The molecular weight excluding hydrogens is 585 g/mol. The number of likely N-dealkylation sites (tertiary alicyclic amines) is 1. The Hall–Kier alpha value is -3.46. The number of nitrogens with zero attached hydrogens (tertiary/aromatic N) is 5. The van der Waals surface area contributed by atoms with Gasteiger partial charge in [-0.15, -0.1) is 5.10 Å². The summed E-state index contributed by atoms with van der Waals surface area (Å²) in [6.07, 6.45) is 5.49. The first-order chi connectivity index (χ1) is 21.9. The second-order valence-corrected chi connectivity index (χ2v) is 12.3. The minimum atomic E-state index is -0.827. The van der Waals surface area contributed by atoms with Crippen molar-refractivity contribution >= 4 is 17.7 Å². The van der Waals surface area contributed by atoms with Gasteiger partial charge < -0.3 is 34.6 Å². The molecule has 14 heteroatoms. The number of carbonyl (C=O) groups excluding carboxylic acids is 3. The van der Waals surface area contributed by atoms with Crippen molar-refractivity contribution in [1.29, 1.82) is 0 Å². The summed E-state index contributed by atoms with van der Waals surface area (Å²) >= 11 is 0. The Balaban J connectivity index is 1.23. The smallest absolute Gasteiger partial charge is 0.246 e. The molecule has 2 N–H and O–H groups in total. The summed E-state index contributed by atoms with van der Waals surface area (Å²) in [4.78, 5) is 45.0. The van der Waals surface area contributed by atoms with E-state index in [0.29, 0.717) is 43.1 Å². The van der Waals surface area contributed by atoms with Gasteiger partial charge in [0.2, 0.25) is 17.7 Å². The number of hydrogen-bond donors (Lipinski definition) is 2. The third kappa shape index (κ3) is 7.51. The highest BCUT2D eigenvalue weighted by molar-refractivity contribution is 5.89. The Kier molecular flexibility index (Phi) is 10.0. The summed E-state index contributed by atoms with van der Waals surface area (Å²) in [7, 11) is 0. The lowest BCUT2D eigenvalue weighted by Gasteiger charge is -2.46. The molecule has 5 heterocycles. The third-order valence-corrected chi connectivity index (χ3v) is 9.45. The van der Waals surface area contributed by atoms with Crippen LogP contribution in [0.4, 0.5) is 4.39 Å². The van der Waals surface area contributed by atoms with Gasteiger partial charge in [-0.2, -0.15) is 0 Å². The highest BCUT2D eigenvalue weighted by Crippen LogP contribution is 2.34. The molecule has 3 amide bonds. The quantitative estimate of drug-likeness (QED) is 0.508. The molecule has 45 heavy (non-hydrogen) atoms. The zero-order valence-corrected chi connectivity index (χ0v) is 25.5. The summed E-state index contributed by atoms with van der Waals surface area (Å²) in [6, 6.07) is 5.12. The summed E-state index contributed by atoms with van der Waals surface area (Å²) in [5, 5.41) is 14.7. The van der Waals surface area contributed by atoms with Crippen molar-refractivity contribution in [2.75, 3.05) is 65.8 Å². The maximum Gasteiger partial charge on any atom is 0.246 e. The van der Waals surface area contributed by atoms with Crippen LogP contribution < -0.4 is 10.6 Å². The van der Waals surface area contributed by atoms with Crippen molar-refractivity contribution in [1.82, 2.24) is 35.4 Å². The highest BCUT2D eigenvalue weighted by atomic mass is 19.1. The monoisotopic (exact) mass is 627 g/mol. The van der Waals surface area contributed by atoms with E-state index in [1.165, 1.54) is 12.1 Å². The maximum atomic E-state index is 14.2. The molecule has 4 saturated heterocycles. The van der Waals surface area contributed by atoms with Crippen LogP contribution >= 0.6 is 0 Å². The largest absolute Gasteiger partial charge is 0.381 e. The van der Waals surface area contributed by atoms with Gasteiger partial charge in [-0.1, -0.05) is 5.21 Å². The van der Waals surface area contributed by atoms with E-state index in [0.717, 1.165) is 39.1 Å². The van der Waals surface area contributed by atoms with Crippen LogP contribution in [0.2, 0.25) is 0 Å². The number of ether oxygens (including phenoxy) is 3. The SMILES string of the molecule is O=C1COCCOCCNC(=O)[C@@H]2[C@H](n3cc(-c4ccc(F)cc4)nn3)CCN2C(=O)CC2(CCN(C3CCOCC3)CC2)N1. The van der Waals surface area contributed by atoms with Gasteiger partial charge in [0.1, 0.15) is 24.2 Å². The number of hydrogen-bond acceptors (Lipinski definition) is 9. The second-order valence-electron chi connectivity index (χ2n) is 12.3. The number of rotatable bonds is 3. The van der Waals surface area contributed by atoms with Gasteiger partial charge in [0.25, 0.3) is 0 Å². The molecule has 0 radical (unpaired) electrons. The number of benzene rings is 1. The Morgan fingerprint density at radius 3 is 2.40 bits per heavy atom. The van der Waals surface area contributed by atoms with E-state index in [-0.39, 0.29) is 62.9 Å². The van der Waals surface area contributed by atoms with Crippen LogP contribution in [0.5, 0.6) is 0 Å². The van der Waals surface area contributed by atoms with E-state index in [1.54, 1.807) is 27.9 Å². The van der Waals surface area contributed by atoms with Crippen molar-refractivity contribution in [3.8, 4) is 11.3 Å². The molecular formula is C31H42FN7O6. The zero-order valence-electron chi connectivity index (χ0n) is 25.5. The zero-order chi connectivity index (χ0) is 31.2. The van der Waals surface area contributed by atoms with Gasteiger partial charge >= 0.3 is 0 Å². The molecule has 6 rings (SSSR count). The first kappa shape index (κ1) is 31.5. The van der Waals surface area contributed by atoms with Crippen molar-refractivity contribution in [2.45, 2.75) is 62.2 Å². The standard InChI is InChI=1S/C31H42FN7O6/c32-23-3-1-22(2-4-23)25-20-39(36-35-25)26-5-11-38-28(41)19-31(8-12-37(13-9-31)24-6-14-43-15-7-24)34-27(40)21-45-18-17-44-16-10-33-30(42)29(26)38/h1-4,20,24,26,29H,5-19,21H2,(H,33,42)(H,34,40)/t26-,29+/m1/s1. The lowest BCUT2D eigenvalue weighted by molar-refractivity contribution is -0.142. The predicted octanol–water partition coefficient (Wildman–Crippen LogP) is 0.909. The molecule has 13 nitrogen and oxygen atoms in total. The highest BCUT2D eigenvalue weighted by Gasteiger charge is 2.47. The molecule has 244 valence electrons. The van der Waals surface area contributed by atoms with Gasteiger partial charge in [0.15, 0.2) is 0 Å². The van der Waals surface area contributed by atoms with Crippen molar-refractivity contribution in [3.63, 3.8) is 0 Å². The van der Waals surface area contributed by atoms with Crippen molar-refractivity contribution in [3.05, 3.63) is 36.3 Å². The molecule has 1 aromatic heterocycles. The summed E-state index contributed by atoms with van der Waals surface area (Å²) < 4.78 is 31.8. The van der Waals surface area contributed by atoms with Crippen LogP contribution in [0.1, 0.15) is 44.6 Å². The molecule has 1 aromatic carbocycles. The molecule has 4 aliphatic heterocycles. The van der Waals surface area contributed by atoms with Crippen LogP contribution in [0.15, 0.2) is 30.5 Å². The Bertz CT molecular complexity index is 1330. The van der Waals surface area contributed by atoms with Gasteiger partial charge in [0, 0.05) is 51.0 Å². The Morgan fingerprint density at radius 1 is 0.889 bits per heavy atom. The molecule has 0 bridgehead atoms. The molecule has 0 saturated carbocycles. The topological polar surface area (TPSA) is 140 Å². The van der Waals surface area contributed by atoms with Crippen LogP contribution in [-0.4, -0.2) is 126 Å². The van der Waals surface area contributed by atoms with Gasteiger partial charge in [0.05, 0.1) is 44.0 Å². The Morgan fingerprint density at radius 2 is 1.62 bits per heavy atom. The molecule has 4 aliphatic rings. The molecule has 2 atom stereocenters. The van der Waals surface area contributed by atoms with Crippen molar-refractivity contribution in [2.24, 2.45) is 0 Å². The fourth-order valence-electron chi connectivity index (χ4n) is 7.01. The van der Waals surface area contributed by atoms with E-state index in [9.17, 15) is 18.8 Å². The van der Waals surface area contributed by atoms with Crippen LogP contribution in [0.25, 0.3) is 11.3 Å². The summed E-state index contributed by atoms with van der Waals surface area (Å²) in [6.45, 7) is 4.30. The maximum absolute atomic E-state index is 14.2. The summed E-state index contributed by atoms with van der Waals surface area (Å²) in [5.41, 5.74) is 0.485. The first-order valence-corrected chi connectivity index (χ1v) is 15.9. The fraction of sp³-hybridized carbons (Fsp3) is 0.645. The number of aromatic nitrogens is 3. The number of nitrogens with one attached hydrogen (secondary N) is 2. The predicted molar refractivity (Wildman–Crippen MR) is 159 cm³/mol. The average molecular weight is 628 g/mol. The molecule has 0 unspecified atom stereocenters. The lowest BCUT2D eigenvalue weighted by atomic mass is 9.82. The third-order valence-electron chi connectivity index (χ3n) is 9.45. The van der Waals surface area contributed by atoms with E-state index >= 15 is 0 Å². The van der Waals surface area contributed by atoms with E-state index < -0.39 is 17.6 Å². The average Bonchev–Trinajstić information content (AvgIpc) is 3.71. The summed E-state index contributed by atoms with van der Waals surface area (Å²) in [5.74, 6) is -1.11. The lowest BCUT2D eigenvalue weighted by Crippen LogP contribution is -2.60. The first-order valence-electron chi connectivity index (χ1n) is 15.9. The minimum Gasteiger partial charge on any atom is -0.381 e.